The van der Waals surface area contributed by atoms with Gasteiger partial charge in [-0.05, 0) is 36.2 Å². The van der Waals surface area contributed by atoms with Gasteiger partial charge in [0.25, 0.3) is 0 Å². The molecule has 0 bridgehead atoms. The summed E-state index contributed by atoms with van der Waals surface area (Å²) in [5.41, 5.74) is 3.05. The van der Waals surface area contributed by atoms with Crippen molar-refractivity contribution in [1.29, 1.82) is 0 Å². The lowest BCUT2D eigenvalue weighted by atomic mass is 9.81. The number of ether oxygens (including phenoxy) is 1. The molecule has 28 heavy (non-hydrogen) atoms. The Kier molecular flexibility index (Phi) is 4.00. The molecule has 6 nitrogen and oxygen atoms in total. The molecule has 8 heteroatoms. The highest BCUT2D eigenvalue weighted by Gasteiger charge is 2.48. The minimum atomic E-state index is -0.116. The van der Waals surface area contributed by atoms with Crippen LogP contribution in [0.2, 0.25) is 5.02 Å². The van der Waals surface area contributed by atoms with Gasteiger partial charge in [-0.1, -0.05) is 22.9 Å². The number of benzene rings is 1. The molecule has 1 saturated heterocycles. The van der Waals surface area contributed by atoms with Crippen molar-refractivity contribution >= 4 is 50.0 Å². The molecule has 1 unspecified atom stereocenters. The number of anilines is 2. The van der Waals surface area contributed by atoms with Crippen molar-refractivity contribution < 1.29 is 9.53 Å². The van der Waals surface area contributed by atoms with E-state index in [0.29, 0.717) is 12.4 Å². The Hall–Kier alpha value is -2.38. The minimum absolute atomic E-state index is 0.116. The fourth-order valence-corrected chi connectivity index (χ4v) is 5.44. The highest BCUT2D eigenvalue weighted by atomic mass is 35.5. The third-order valence-corrected chi connectivity index (χ3v) is 6.96. The second-order valence-electron chi connectivity index (χ2n) is 7.39. The van der Waals surface area contributed by atoms with Crippen LogP contribution in [0, 0.1) is 0 Å². The summed E-state index contributed by atoms with van der Waals surface area (Å²) in [5, 5.41) is 1.62. The molecule has 4 heterocycles. The number of carbonyl (C=O) groups is 1. The molecule has 1 fully saturated rings. The van der Waals surface area contributed by atoms with Gasteiger partial charge in [0.05, 0.1) is 7.11 Å². The van der Waals surface area contributed by atoms with E-state index in [1.807, 2.05) is 23.1 Å². The number of fused-ring (bicyclic) bond motifs is 3. The van der Waals surface area contributed by atoms with Crippen molar-refractivity contribution in [1.82, 2.24) is 14.9 Å². The van der Waals surface area contributed by atoms with Gasteiger partial charge in [-0.3, -0.25) is 4.79 Å². The van der Waals surface area contributed by atoms with Gasteiger partial charge in [-0.25, -0.2) is 9.97 Å². The zero-order chi connectivity index (χ0) is 19.5. The zero-order valence-corrected chi connectivity index (χ0v) is 17.2. The summed E-state index contributed by atoms with van der Waals surface area (Å²) in [5.74, 6) is 0.704. The third kappa shape index (κ3) is 2.64. The van der Waals surface area contributed by atoms with Gasteiger partial charge in [-0.2, -0.15) is 0 Å². The van der Waals surface area contributed by atoms with Gasteiger partial charge in [-0.15, -0.1) is 0 Å². The maximum atomic E-state index is 12.0. The number of pyridine rings is 1. The highest BCUT2D eigenvalue weighted by Crippen LogP contribution is 2.50. The number of amides is 1. The molecular weight excluding hydrogens is 396 g/mol. The molecule has 2 aromatic heterocycles. The first kappa shape index (κ1) is 17.7. The Labute approximate surface area is 171 Å². The SMILES string of the molecule is COc1ccc2nc(N3CC4(CCN(C(C)=O)C4)c4cc(Cl)ccc43)sc2n1. The maximum Gasteiger partial charge on any atom is 0.219 e. The van der Waals surface area contributed by atoms with Crippen LogP contribution in [0.5, 0.6) is 5.88 Å². The van der Waals surface area contributed by atoms with Crippen molar-refractivity contribution in [3.63, 3.8) is 0 Å². The molecule has 0 saturated carbocycles. The van der Waals surface area contributed by atoms with Gasteiger partial charge in [0, 0.05) is 48.7 Å². The Bertz CT molecular complexity index is 1100. The minimum Gasteiger partial charge on any atom is -0.481 e. The van der Waals surface area contributed by atoms with Crippen molar-refractivity contribution in [2.24, 2.45) is 0 Å². The normalized spacial score (nSPS) is 21.0. The van der Waals surface area contributed by atoms with E-state index < -0.39 is 0 Å². The molecule has 3 aromatic rings. The van der Waals surface area contributed by atoms with Crippen LogP contribution in [0.3, 0.4) is 0 Å². The number of hydrogen-bond acceptors (Lipinski definition) is 6. The molecule has 144 valence electrons. The molecule has 2 aliphatic heterocycles. The maximum absolute atomic E-state index is 12.0. The van der Waals surface area contributed by atoms with E-state index in [2.05, 4.69) is 22.0 Å². The van der Waals surface area contributed by atoms with Crippen molar-refractivity contribution in [2.45, 2.75) is 18.8 Å². The number of likely N-dealkylation sites (tertiary alicyclic amines) is 1. The summed E-state index contributed by atoms with van der Waals surface area (Å²) in [6, 6.07) is 9.78. The van der Waals surface area contributed by atoms with Crippen LogP contribution in [0.4, 0.5) is 10.8 Å². The van der Waals surface area contributed by atoms with Crippen molar-refractivity contribution in [3.8, 4) is 5.88 Å². The largest absolute Gasteiger partial charge is 0.481 e. The molecular formula is C20H19ClN4O2S. The standard InChI is InChI=1S/C20H19ClN4O2S/c1-12(26)24-8-7-20(10-24)11-25(16-5-3-13(21)9-14(16)20)19-22-15-4-6-17(27-2)23-18(15)28-19/h3-6,9H,7-8,10-11H2,1-2H3. The van der Waals surface area contributed by atoms with E-state index >= 15 is 0 Å². The molecule has 0 aliphatic carbocycles. The predicted octanol–water partition coefficient (Wildman–Crippen LogP) is 4.00. The number of aromatic nitrogens is 2. The molecule has 0 radical (unpaired) electrons. The summed E-state index contributed by atoms with van der Waals surface area (Å²) in [6.07, 6.45) is 0.924. The summed E-state index contributed by atoms with van der Waals surface area (Å²) in [7, 11) is 1.61. The Morgan fingerprint density at radius 3 is 2.86 bits per heavy atom. The molecule has 2 aliphatic rings. The van der Waals surface area contributed by atoms with Gasteiger partial charge in [0.2, 0.25) is 11.8 Å². The fraction of sp³-hybridized carbons (Fsp3) is 0.350. The number of methoxy groups -OCH3 is 1. The molecule has 1 aromatic carbocycles. The van der Waals surface area contributed by atoms with E-state index in [-0.39, 0.29) is 11.3 Å². The number of halogens is 1. The second kappa shape index (κ2) is 6.32. The van der Waals surface area contributed by atoms with Gasteiger partial charge >= 0.3 is 0 Å². The lowest BCUT2D eigenvalue weighted by molar-refractivity contribution is -0.127. The molecule has 0 N–H and O–H groups in total. The van der Waals surface area contributed by atoms with Gasteiger partial charge in [0.15, 0.2) is 5.13 Å². The van der Waals surface area contributed by atoms with Crippen LogP contribution >= 0.6 is 22.9 Å². The molecule has 1 amide bonds. The quantitative estimate of drug-likeness (QED) is 0.634. The summed E-state index contributed by atoms with van der Waals surface area (Å²) >= 11 is 7.89. The average molecular weight is 415 g/mol. The average Bonchev–Trinajstić information content (AvgIpc) is 3.37. The lowest BCUT2D eigenvalue weighted by Crippen LogP contribution is -2.36. The van der Waals surface area contributed by atoms with Crippen LogP contribution in [0.25, 0.3) is 10.3 Å². The number of carbonyl (C=O) groups excluding carboxylic acids is 1. The number of rotatable bonds is 2. The van der Waals surface area contributed by atoms with Crippen LogP contribution in [0.15, 0.2) is 30.3 Å². The number of thiazole rings is 1. The third-order valence-electron chi connectivity index (χ3n) is 5.74. The van der Waals surface area contributed by atoms with Gasteiger partial charge in [0.1, 0.15) is 10.3 Å². The van der Waals surface area contributed by atoms with E-state index in [1.54, 1.807) is 25.4 Å². The Morgan fingerprint density at radius 1 is 1.25 bits per heavy atom. The number of hydrogen-bond donors (Lipinski definition) is 0. The van der Waals surface area contributed by atoms with Crippen LogP contribution in [-0.4, -0.2) is 47.5 Å². The monoisotopic (exact) mass is 414 g/mol. The topological polar surface area (TPSA) is 58.6 Å². The van der Waals surface area contributed by atoms with E-state index in [9.17, 15) is 4.79 Å². The van der Waals surface area contributed by atoms with E-state index in [1.165, 1.54) is 5.56 Å². The van der Waals surface area contributed by atoms with E-state index in [4.69, 9.17) is 21.3 Å². The van der Waals surface area contributed by atoms with Crippen molar-refractivity contribution in [3.05, 3.63) is 40.9 Å². The Morgan fingerprint density at radius 2 is 2.11 bits per heavy atom. The summed E-state index contributed by atoms with van der Waals surface area (Å²) in [6.45, 7) is 3.90. The molecule has 1 atom stereocenters. The highest BCUT2D eigenvalue weighted by molar-refractivity contribution is 7.21. The first-order valence-electron chi connectivity index (χ1n) is 9.14. The number of nitrogens with zero attached hydrogens (tertiary/aromatic N) is 4. The lowest BCUT2D eigenvalue weighted by Gasteiger charge is -2.25. The first-order valence-corrected chi connectivity index (χ1v) is 10.3. The molecule has 1 spiro atoms. The zero-order valence-electron chi connectivity index (χ0n) is 15.6. The predicted molar refractivity (Wildman–Crippen MR) is 111 cm³/mol. The summed E-state index contributed by atoms with van der Waals surface area (Å²) < 4.78 is 5.24. The molecule has 5 rings (SSSR count). The van der Waals surface area contributed by atoms with Crippen LogP contribution in [-0.2, 0) is 10.2 Å². The van der Waals surface area contributed by atoms with Crippen LogP contribution in [0.1, 0.15) is 18.9 Å². The van der Waals surface area contributed by atoms with Gasteiger partial charge < -0.3 is 14.5 Å². The second-order valence-corrected chi connectivity index (χ2v) is 8.79. The summed E-state index contributed by atoms with van der Waals surface area (Å²) in [4.78, 5) is 26.3. The van der Waals surface area contributed by atoms with Crippen LogP contribution < -0.4 is 9.64 Å². The Balaban J connectivity index is 1.59. The first-order chi connectivity index (χ1) is 13.5. The fourth-order valence-electron chi connectivity index (χ4n) is 4.32. The van der Waals surface area contributed by atoms with E-state index in [0.717, 1.165) is 45.7 Å². The smallest absolute Gasteiger partial charge is 0.219 e. The van der Waals surface area contributed by atoms with Crippen molar-refractivity contribution in [2.75, 3.05) is 31.6 Å².